The van der Waals surface area contributed by atoms with Gasteiger partial charge in [-0.2, -0.15) is 11.3 Å². The Labute approximate surface area is 88.1 Å². The van der Waals surface area contributed by atoms with Gasteiger partial charge >= 0.3 is 0 Å². The lowest BCUT2D eigenvalue weighted by molar-refractivity contribution is -0.121. The van der Waals surface area contributed by atoms with Gasteiger partial charge < -0.3 is 10.1 Å². The molecule has 3 nitrogen and oxygen atoms in total. The van der Waals surface area contributed by atoms with Crippen molar-refractivity contribution < 1.29 is 9.53 Å². The fourth-order valence-corrected chi connectivity index (χ4v) is 1.78. The minimum Gasteiger partial charge on any atom is -0.383 e. The van der Waals surface area contributed by atoms with Crippen molar-refractivity contribution in [2.75, 3.05) is 20.3 Å². The Balaban J connectivity index is 2.09. The largest absolute Gasteiger partial charge is 0.383 e. The van der Waals surface area contributed by atoms with Gasteiger partial charge in [-0.3, -0.25) is 4.79 Å². The summed E-state index contributed by atoms with van der Waals surface area (Å²) in [6, 6.07) is 2.05. The second-order valence-electron chi connectivity index (χ2n) is 2.97. The fraction of sp³-hybridized carbons (Fsp3) is 0.500. The molecule has 78 valence electrons. The van der Waals surface area contributed by atoms with Gasteiger partial charge in [0.2, 0.25) is 5.91 Å². The molecule has 0 aliphatic carbocycles. The molecule has 0 fully saturated rings. The standard InChI is InChI=1S/C10H15NO2S/c1-13-6-5-11-10(12)3-2-9-4-7-14-8-9/h4,7-8H,2-3,5-6H2,1H3,(H,11,12). The predicted octanol–water partition coefficient (Wildman–Crippen LogP) is 1.44. The average Bonchev–Trinajstić information content (AvgIpc) is 2.68. The number of ether oxygens (including phenoxy) is 1. The summed E-state index contributed by atoms with van der Waals surface area (Å²) in [5.41, 5.74) is 1.23. The van der Waals surface area contributed by atoms with Crippen LogP contribution in [0.3, 0.4) is 0 Å². The number of nitrogens with one attached hydrogen (secondary N) is 1. The van der Waals surface area contributed by atoms with E-state index in [-0.39, 0.29) is 5.91 Å². The molecule has 4 heteroatoms. The minimum absolute atomic E-state index is 0.0910. The van der Waals surface area contributed by atoms with E-state index in [1.54, 1.807) is 18.4 Å². The van der Waals surface area contributed by atoms with Crippen LogP contribution >= 0.6 is 11.3 Å². The summed E-state index contributed by atoms with van der Waals surface area (Å²) in [6.07, 6.45) is 1.38. The van der Waals surface area contributed by atoms with Gasteiger partial charge in [0.1, 0.15) is 0 Å². The molecule has 0 atom stereocenters. The predicted molar refractivity (Wildman–Crippen MR) is 57.5 cm³/mol. The number of aryl methyl sites for hydroxylation is 1. The molecule has 1 N–H and O–H groups in total. The van der Waals surface area contributed by atoms with E-state index in [9.17, 15) is 4.79 Å². The van der Waals surface area contributed by atoms with Crippen LogP contribution < -0.4 is 5.32 Å². The van der Waals surface area contributed by atoms with E-state index in [0.717, 1.165) is 6.42 Å². The summed E-state index contributed by atoms with van der Waals surface area (Å²) >= 11 is 1.66. The van der Waals surface area contributed by atoms with Crippen molar-refractivity contribution in [2.45, 2.75) is 12.8 Å². The molecule has 0 spiro atoms. The van der Waals surface area contributed by atoms with E-state index in [2.05, 4.69) is 10.7 Å². The Kier molecular flexibility index (Phi) is 5.25. The molecule has 1 heterocycles. The van der Waals surface area contributed by atoms with Gasteiger partial charge in [0.05, 0.1) is 6.61 Å². The fourth-order valence-electron chi connectivity index (χ4n) is 1.07. The number of carbonyl (C=O) groups excluding carboxylic acids is 1. The van der Waals surface area contributed by atoms with E-state index in [1.165, 1.54) is 5.56 Å². The van der Waals surface area contributed by atoms with E-state index < -0.39 is 0 Å². The van der Waals surface area contributed by atoms with Crippen LogP contribution in [-0.4, -0.2) is 26.2 Å². The van der Waals surface area contributed by atoms with Gasteiger partial charge in [0.25, 0.3) is 0 Å². The summed E-state index contributed by atoms with van der Waals surface area (Å²) in [4.78, 5) is 11.2. The summed E-state index contributed by atoms with van der Waals surface area (Å²) in [5, 5.41) is 6.88. The lowest BCUT2D eigenvalue weighted by Gasteiger charge is -2.03. The lowest BCUT2D eigenvalue weighted by atomic mass is 10.2. The van der Waals surface area contributed by atoms with Crippen molar-refractivity contribution >= 4 is 17.2 Å². The Hall–Kier alpha value is -0.870. The zero-order chi connectivity index (χ0) is 10.2. The summed E-state index contributed by atoms with van der Waals surface area (Å²) in [5.74, 6) is 0.0910. The van der Waals surface area contributed by atoms with E-state index in [1.807, 2.05) is 11.4 Å². The molecule has 0 aliphatic heterocycles. The highest BCUT2D eigenvalue weighted by Gasteiger charge is 2.01. The van der Waals surface area contributed by atoms with Crippen molar-refractivity contribution in [3.63, 3.8) is 0 Å². The average molecular weight is 213 g/mol. The lowest BCUT2D eigenvalue weighted by Crippen LogP contribution is -2.26. The minimum atomic E-state index is 0.0910. The SMILES string of the molecule is COCCNC(=O)CCc1ccsc1. The van der Waals surface area contributed by atoms with Crippen LogP contribution in [0.25, 0.3) is 0 Å². The number of thiophene rings is 1. The molecule has 1 aromatic rings. The second kappa shape index (κ2) is 6.56. The van der Waals surface area contributed by atoms with E-state index >= 15 is 0 Å². The normalized spacial score (nSPS) is 10.1. The highest BCUT2D eigenvalue weighted by atomic mass is 32.1. The Morgan fingerprint density at radius 2 is 2.50 bits per heavy atom. The van der Waals surface area contributed by atoms with Gasteiger partial charge in [-0.25, -0.2) is 0 Å². The van der Waals surface area contributed by atoms with Crippen molar-refractivity contribution in [1.82, 2.24) is 5.32 Å². The monoisotopic (exact) mass is 213 g/mol. The molecule has 1 aromatic heterocycles. The maximum absolute atomic E-state index is 11.2. The highest BCUT2D eigenvalue weighted by Crippen LogP contribution is 2.07. The first-order valence-electron chi connectivity index (χ1n) is 4.59. The smallest absolute Gasteiger partial charge is 0.220 e. The van der Waals surface area contributed by atoms with Crippen LogP contribution in [0.1, 0.15) is 12.0 Å². The molecule has 0 unspecified atom stereocenters. The zero-order valence-electron chi connectivity index (χ0n) is 8.29. The molecular weight excluding hydrogens is 198 g/mol. The topological polar surface area (TPSA) is 38.3 Å². The van der Waals surface area contributed by atoms with Crippen LogP contribution in [0.5, 0.6) is 0 Å². The van der Waals surface area contributed by atoms with Gasteiger partial charge in [-0.15, -0.1) is 0 Å². The summed E-state index contributed by atoms with van der Waals surface area (Å²) in [7, 11) is 1.62. The first-order chi connectivity index (χ1) is 6.83. The third kappa shape index (κ3) is 4.39. The van der Waals surface area contributed by atoms with Crippen molar-refractivity contribution in [3.05, 3.63) is 22.4 Å². The first-order valence-corrected chi connectivity index (χ1v) is 5.54. The van der Waals surface area contributed by atoms with Gasteiger partial charge in [0.15, 0.2) is 0 Å². The van der Waals surface area contributed by atoms with Gasteiger partial charge in [-0.05, 0) is 28.8 Å². The zero-order valence-corrected chi connectivity index (χ0v) is 9.10. The number of amides is 1. The number of carbonyl (C=O) groups is 1. The molecule has 0 aromatic carbocycles. The molecule has 1 amide bonds. The van der Waals surface area contributed by atoms with E-state index in [4.69, 9.17) is 4.74 Å². The molecule has 0 aliphatic rings. The molecule has 14 heavy (non-hydrogen) atoms. The molecule has 0 bridgehead atoms. The number of hydrogen-bond donors (Lipinski definition) is 1. The van der Waals surface area contributed by atoms with Crippen LogP contribution in [0.2, 0.25) is 0 Å². The van der Waals surface area contributed by atoms with Gasteiger partial charge in [-0.1, -0.05) is 0 Å². The van der Waals surface area contributed by atoms with E-state index in [0.29, 0.717) is 19.6 Å². The third-order valence-corrected chi connectivity index (χ3v) is 2.58. The van der Waals surface area contributed by atoms with Crippen LogP contribution in [0, 0.1) is 0 Å². The Bertz CT molecular complexity index is 259. The first kappa shape index (κ1) is 11.2. The quantitative estimate of drug-likeness (QED) is 0.726. The summed E-state index contributed by atoms with van der Waals surface area (Å²) < 4.78 is 4.83. The number of methoxy groups -OCH3 is 1. The number of rotatable bonds is 6. The maximum atomic E-state index is 11.2. The third-order valence-electron chi connectivity index (χ3n) is 1.85. The summed E-state index contributed by atoms with van der Waals surface area (Å²) in [6.45, 7) is 1.17. The Morgan fingerprint density at radius 1 is 1.64 bits per heavy atom. The second-order valence-corrected chi connectivity index (χ2v) is 3.75. The van der Waals surface area contributed by atoms with Crippen LogP contribution in [0.15, 0.2) is 16.8 Å². The van der Waals surface area contributed by atoms with Crippen LogP contribution in [0.4, 0.5) is 0 Å². The molecule has 0 radical (unpaired) electrons. The van der Waals surface area contributed by atoms with Crippen molar-refractivity contribution in [3.8, 4) is 0 Å². The molecule has 1 rings (SSSR count). The number of hydrogen-bond acceptors (Lipinski definition) is 3. The highest BCUT2D eigenvalue weighted by molar-refractivity contribution is 7.07. The van der Waals surface area contributed by atoms with Gasteiger partial charge in [0, 0.05) is 20.1 Å². The van der Waals surface area contributed by atoms with Crippen molar-refractivity contribution in [2.24, 2.45) is 0 Å². The maximum Gasteiger partial charge on any atom is 0.220 e. The van der Waals surface area contributed by atoms with Crippen LogP contribution in [-0.2, 0) is 16.0 Å². The Morgan fingerprint density at radius 3 is 3.14 bits per heavy atom. The molecule has 0 saturated heterocycles. The molecule has 0 saturated carbocycles. The molecular formula is C10H15NO2S. The van der Waals surface area contributed by atoms with Crippen molar-refractivity contribution in [1.29, 1.82) is 0 Å².